The molecule has 0 fully saturated rings. The fourth-order valence-corrected chi connectivity index (χ4v) is 1.93. The third kappa shape index (κ3) is 2.28. The molecule has 0 unspecified atom stereocenters. The van der Waals surface area contributed by atoms with Crippen LogP contribution in [-0.2, 0) is 4.74 Å². The maximum Gasteiger partial charge on any atom is 0.220 e. The zero-order chi connectivity index (χ0) is 13.1. The van der Waals surface area contributed by atoms with Gasteiger partial charge < -0.3 is 14.2 Å². The van der Waals surface area contributed by atoms with Crippen LogP contribution in [0.2, 0.25) is 0 Å². The van der Waals surface area contributed by atoms with Gasteiger partial charge in [0.05, 0.1) is 25.8 Å². The highest BCUT2D eigenvalue weighted by Gasteiger charge is 2.25. The molecule has 0 saturated carbocycles. The summed E-state index contributed by atoms with van der Waals surface area (Å²) in [5, 5.41) is 0. The van der Waals surface area contributed by atoms with Crippen molar-refractivity contribution in [3.8, 4) is 11.5 Å². The zero-order valence-electron chi connectivity index (χ0n) is 11.3. The summed E-state index contributed by atoms with van der Waals surface area (Å²) in [4.78, 5) is 4.60. The van der Waals surface area contributed by atoms with Crippen molar-refractivity contribution < 1.29 is 14.2 Å². The van der Waals surface area contributed by atoms with Crippen molar-refractivity contribution >= 4 is 5.90 Å². The monoisotopic (exact) mass is 249 g/mol. The van der Waals surface area contributed by atoms with Crippen LogP contribution in [-0.4, -0.2) is 32.8 Å². The molecule has 0 saturated heterocycles. The van der Waals surface area contributed by atoms with E-state index in [-0.39, 0.29) is 6.04 Å². The molecule has 0 amide bonds. The fraction of sp³-hybridized carbons (Fsp3) is 0.500. The molecule has 0 aliphatic carbocycles. The van der Waals surface area contributed by atoms with E-state index < -0.39 is 0 Å². The molecular formula is C14H19NO3. The summed E-state index contributed by atoms with van der Waals surface area (Å²) in [5.74, 6) is 2.47. The second-order valence-corrected chi connectivity index (χ2v) is 4.60. The van der Waals surface area contributed by atoms with Gasteiger partial charge in [0.2, 0.25) is 5.90 Å². The molecule has 2 rings (SSSR count). The lowest BCUT2D eigenvalue weighted by Crippen LogP contribution is -2.13. The van der Waals surface area contributed by atoms with Crippen molar-refractivity contribution in [2.45, 2.75) is 19.9 Å². The van der Waals surface area contributed by atoms with Gasteiger partial charge in [-0.3, -0.25) is 0 Å². The molecule has 0 radical (unpaired) electrons. The van der Waals surface area contributed by atoms with Gasteiger partial charge in [-0.2, -0.15) is 0 Å². The van der Waals surface area contributed by atoms with Gasteiger partial charge in [0.25, 0.3) is 0 Å². The van der Waals surface area contributed by atoms with Gasteiger partial charge in [-0.15, -0.1) is 0 Å². The van der Waals surface area contributed by atoms with Crippen molar-refractivity contribution in [2.24, 2.45) is 10.9 Å². The summed E-state index contributed by atoms with van der Waals surface area (Å²) < 4.78 is 16.3. The number of rotatable bonds is 4. The van der Waals surface area contributed by atoms with E-state index in [9.17, 15) is 0 Å². The van der Waals surface area contributed by atoms with E-state index in [1.165, 1.54) is 0 Å². The van der Waals surface area contributed by atoms with E-state index in [2.05, 4.69) is 18.8 Å². The van der Waals surface area contributed by atoms with Crippen LogP contribution < -0.4 is 9.47 Å². The van der Waals surface area contributed by atoms with Crippen molar-refractivity contribution in [3.63, 3.8) is 0 Å². The van der Waals surface area contributed by atoms with Crippen LogP contribution in [0.5, 0.6) is 11.5 Å². The van der Waals surface area contributed by atoms with E-state index >= 15 is 0 Å². The largest absolute Gasteiger partial charge is 0.493 e. The highest BCUT2D eigenvalue weighted by Crippen LogP contribution is 2.32. The third-order valence-electron chi connectivity index (χ3n) is 3.08. The highest BCUT2D eigenvalue weighted by atomic mass is 16.5. The maximum absolute atomic E-state index is 5.67. The van der Waals surface area contributed by atoms with Gasteiger partial charge in [-0.1, -0.05) is 19.9 Å². The van der Waals surface area contributed by atoms with Gasteiger partial charge in [-0.25, -0.2) is 4.99 Å². The second kappa shape index (κ2) is 5.29. The molecule has 4 nitrogen and oxygen atoms in total. The Hall–Kier alpha value is -1.71. The smallest absolute Gasteiger partial charge is 0.220 e. The summed E-state index contributed by atoms with van der Waals surface area (Å²) >= 11 is 0. The number of nitrogens with zero attached hydrogens (tertiary/aromatic N) is 1. The molecule has 0 aromatic heterocycles. The second-order valence-electron chi connectivity index (χ2n) is 4.60. The van der Waals surface area contributed by atoms with Crippen LogP contribution in [0.1, 0.15) is 19.4 Å². The normalized spacial score (nSPS) is 18.5. The molecule has 0 N–H and O–H groups in total. The Kier molecular flexibility index (Phi) is 3.75. The van der Waals surface area contributed by atoms with Gasteiger partial charge in [0, 0.05) is 0 Å². The lowest BCUT2D eigenvalue weighted by molar-refractivity contribution is 0.290. The molecule has 1 aromatic carbocycles. The molecule has 0 spiro atoms. The predicted octanol–water partition coefficient (Wildman–Crippen LogP) is 2.51. The topological polar surface area (TPSA) is 40.0 Å². The Labute approximate surface area is 108 Å². The number of hydrogen-bond donors (Lipinski definition) is 0. The van der Waals surface area contributed by atoms with Crippen LogP contribution in [0.25, 0.3) is 0 Å². The molecule has 4 heteroatoms. The van der Waals surface area contributed by atoms with Crippen molar-refractivity contribution in [1.29, 1.82) is 0 Å². The minimum Gasteiger partial charge on any atom is -0.493 e. The van der Waals surface area contributed by atoms with E-state index in [1.54, 1.807) is 14.2 Å². The van der Waals surface area contributed by atoms with Crippen molar-refractivity contribution in [2.75, 3.05) is 20.8 Å². The maximum atomic E-state index is 5.67. The standard InChI is InChI=1S/C14H19NO3/c1-9(2)11-8-18-14(15-11)10-6-5-7-12(16-3)13(10)17-4/h5-7,9,11H,8H2,1-4H3/t11-/m0/s1. The lowest BCUT2D eigenvalue weighted by Gasteiger charge is -2.11. The molecule has 1 aliphatic rings. The molecule has 1 heterocycles. The molecule has 98 valence electrons. The van der Waals surface area contributed by atoms with E-state index in [4.69, 9.17) is 14.2 Å². The molecule has 1 aromatic rings. The number of hydrogen-bond acceptors (Lipinski definition) is 4. The number of aliphatic imine (C=N–C) groups is 1. The summed E-state index contributed by atoms with van der Waals surface area (Å²) in [7, 11) is 3.24. The number of ether oxygens (including phenoxy) is 3. The molecule has 1 atom stereocenters. The Bertz CT molecular complexity index is 454. The van der Waals surface area contributed by atoms with Crippen LogP contribution in [0, 0.1) is 5.92 Å². The van der Waals surface area contributed by atoms with Gasteiger partial charge in [-0.05, 0) is 18.1 Å². The Balaban J connectivity index is 2.37. The SMILES string of the molecule is COc1cccc(C2=N[C@H](C(C)C)CO2)c1OC. The summed E-state index contributed by atoms with van der Waals surface area (Å²) in [6.07, 6.45) is 0. The minimum absolute atomic E-state index is 0.218. The summed E-state index contributed by atoms with van der Waals surface area (Å²) in [5.41, 5.74) is 0.847. The third-order valence-corrected chi connectivity index (χ3v) is 3.08. The zero-order valence-corrected chi connectivity index (χ0v) is 11.3. The minimum atomic E-state index is 0.218. The molecule has 18 heavy (non-hydrogen) atoms. The van der Waals surface area contributed by atoms with Crippen molar-refractivity contribution in [3.05, 3.63) is 23.8 Å². The first-order chi connectivity index (χ1) is 8.67. The van der Waals surface area contributed by atoms with Crippen molar-refractivity contribution in [1.82, 2.24) is 0 Å². The van der Waals surface area contributed by atoms with Gasteiger partial charge in [0.15, 0.2) is 11.5 Å². The predicted molar refractivity (Wildman–Crippen MR) is 70.7 cm³/mol. The quantitative estimate of drug-likeness (QED) is 0.823. The highest BCUT2D eigenvalue weighted by molar-refractivity contribution is 5.98. The summed E-state index contributed by atoms with van der Waals surface area (Å²) in [6.45, 7) is 4.92. The van der Waals surface area contributed by atoms with Gasteiger partial charge in [0.1, 0.15) is 6.61 Å². The first-order valence-electron chi connectivity index (χ1n) is 6.09. The van der Waals surface area contributed by atoms with E-state index in [1.807, 2.05) is 18.2 Å². The Morgan fingerprint density at radius 1 is 1.28 bits per heavy atom. The van der Waals surface area contributed by atoms with E-state index in [0.29, 0.717) is 29.9 Å². The lowest BCUT2D eigenvalue weighted by atomic mass is 10.1. The average molecular weight is 249 g/mol. The van der Waals surface area contributed by atoms with E-state index in [0.717, 1.165) is 5.56 Å². The van der Waals surface area contributed by atoms with Gasteiger partial charge >= 0.3 is 0 Å². The van der Waals surface area contributed by atoms with Crippen LogP contribution >= 0.6 is 0 Å². The Morgan fingerprint density at radius 2 is 2.06 bits per heavy atom. The van der Waals surface area contributed by atoms with Crippen LogP contribution in [0.4, 0.5) is 0 Å². The van der Waals surface area contributed by atoms with Crippen LogP contribution in [0.15, 0.2) is 23.2 Å². The molecule has 1 aliphatic heterocycles. The number of para-hydroxylation sites is 1. The average Bonchev–Trinajstić information content (AvgIpc) is 2.87. The first-order valence-corrected chi connectivity index (χ1v) is 6.09. The first kappa shape index (κ1) is 12.7. The van der Waals surface area contributed by atoms with Crippen LogP contribution in [0.3, 0.4) is 0 Å². The molecular weight excluding hydrogens is 230 g/mol. The number of methoxy groups -OCH3 is 2. The fourth-order valence-electron chi connectivity index (χ4n) is 1.93. The Morgan fingerprint density at radius 3 is 2.61 bits per heavy atom. The summed E-state index contributed by atoms with van der Waals surface area (Å²) in [6, 6.07) is 5.92. The molecule has 0 bridgehead atoms. The number of benzene rings is 1.